The summed E-state index contributed by atoms with van der Waals surface area (Å²) >= 11 is 0. The zero-order valence-electron chi connectivity index (χ0n) is 12.4. The summed E-state index contributed by atoms with van der Waals surface area (Å²) in [4.78, 5) is 37.6. The van der Waals surface area contributed by atoms with Crippen molar-refractivity contribution in [3.63, 3.8) is 0 Å². The van der Waals surface area contributed by atoms with E-state index in [0.717, 1.165) is 0 Å². The minimum absolute atomic E-state index is 0.0842. The smallest absolute Gasteiger partial charge is 0.233 e. The van der Waals surface area contributed by atoms with Crippen molar-refractivity contribution in [1.82, 2.24) is 14.7 Å². The number of nitrogens with one attached hydrogen (secondary N) is 1. The number of aromatic nitrogens is 2. The highest BCUT2D eigenvalue weighted by Crippen LogP contribution is 2.34. The molecule has 2 atom stereocenters. The Morgan fingerprint density at radius 2 is 1.91 bits per heavy atom. The number of fused-ring (bicyclic) bond motifs is 1. The van der Waals surface area contributed by atoms with Crippen molar-refractivity contribution in [3.05, 3.63) is 24.4 Å². The highest BCUT2D eigenvalue weighted by atomic mass is 16.2. The van der Waals surface area contributed by atoms with Gasteiger partial charge in [-0.2, -0.15) is 5.10 Å². The number of nitrogens with zero attached hydrogens (tertiary/aromatic N) is 3. The van der Waals surface area contributed by atoms with Gasteiger partial charge in [-0.05, 0) is 12.8 Å². The molecule has 2 aliphatic rings. The van der Waals surface area contributed by atoms with Crippen LogP contribution in [0.3, 0.4) is 0 Å². The molecule has 3 rings (SSSR count). The first kappa shape index (κ1) is 14.5. The van der Waals surface area contributed by atoms with Crippen LogP contribution in [0.2, 0.25) is 0 Å². The summed E-state index contributed by atoms with van der Waals surface area (Å²) in [5.74, 6) is -0.570. The molecule has 0 spiro atoms. The molecule has 1 aliphatic carbocycles. The lowest BCUT2D eigenvalue weighted by molar-refractivity contribution is -0.140. The van der Waals surface area contributed by atoms with Gasteiger partial charge in [0.25, 0.3) is 0 Å². The summed E-state index contributed by atoms with van der Waals surface area (Å²) in [7, 11) is 1.76. The Labute approximate surface area is 128 Å². The molecule has 1 saturated heterocycles. The van der Waals surface area contributed by atoms with E-state index in [2.05, 4.69) is 10.4 Å². The molecule has 0 bridgehead atoms. The summed E-state index contributed by atoms with van der Waals surface area (Å²) in [6, 6.07) is 1.68. The van der Waals surface area contributed by atoms with Crippen molar-refractivity contribution < 1.29 is 14.4 Å². The predicted molar refractivity (Wildman–Crippen MR) is 78.5 cm³/mol. The number of allylic oxidation sites excluding steroid dienone is 2. The SMILES string of the molecule is Cn1ccc(NC(=O)CCN2C(=O)[C@H]3CC=CC[C@@H]3C2=O)n1. The maximum Gasteiger partial charge on any atom is 0.233 e. The number of rotatable bonds is 4. The van der Waals surface area contributed by atoms with Crippen molar-refractivity contribution in [1.29, 1.82) is 0 Å². The highest BCUT2D eigenvalue weighted by Gasteiger charge is 2.46. The Morgan fingerprint density at radius 3 is 2.45 bits per heavy atom. The van der Waals surface area contributed by atoms with Gasteiger partial charge >= 0.3 is 0 Å². The van der Waals surface area contributed by atoms with Gasteiger partial charge < -0.3 is 5.32 Å². The topological polar surface area (TPSA) is 84.3 Å². The number of carbonyl (C=O) groups excluding carboxylic acids is 3. The molecule has 7 nitrogen and oxygen atoms in total. The van der Waals surface area contributed by atoms with Crippen molar-refractivity contribution in [2.24, 2.45) is 18.9 Å². The minimum Gasteiger partial charge on any atom is -0.309 e. The Morgan fingerprint density at radius 1 is 1.27 bits per heavy atom. The number of imide groups is 1. The van der Waals surface area contributed by atoms with Crippen molar-refractivity contribution >= 4 is 23.5 Å². The lowest BCUT2D eigenvalue weighted by Gasteiger charge is -2.14. The monoisotopic (exact) mass is 302 g/mol. The van der Waals surface area contributed by atoms with Gasteiger partial charge in [0.15, 0.2) is 5.82 Å². The van der Waals surface area contributed by atoms with Gasteiger partial charge in [0.05, 0.1) is 11.8 Å². The van der Waals surface area contributed by atoms with Crippen molar-refractivity contribution in [2.75, 3.05) is 11.9 Å². The lowest BCUT2D eigenvalue weighted by Crippen LogP contribution is -2.34. The number of aryl methyl sites for hydroxylation is 1. The fourth-order valence-electron chi connectivity index (χ4n) is 2.99. The fourth-order valence-corrected chi connectivity index (χ4v) is 2.99. The number of hydrogen-bond donors (Lipinski definition) is 1. The van der Waals surface area contributed by atoms with E-state index < -0.39 is 0 Å². The molecule has 0 unspecified atom stereocenters. The average molecular weight is 302 g/mol. The van der Waals surface area contributed by atoms with Gasteiger partial charge in [0, 0.05) is 32.3 Å². The molecule has 1 aliphatic heterocycles. The number of likely N-dealkylation sites (tertiary alicyclic amines) is 1. The summed E-state index contributed by atoms with van der Waals surface area (Å²) in [6.07, 6.45) is 6.94. The van der Waals surface area contributed by atoms with Crippen LogP contribution in [-0.2, 0) is 21.4 Å². The second-order valence-electron chi connectivity index (χ2n) is 5.66. The Hall–Kier alpha value is -2.44. The first-order valence-electron chi connectivity index (χ1n) is 7.36. The third kappa shape index (κ3) is 2.66. The third-order valence-electron chi connectivity index (χ3n) is 4.14. The van der Waals surface area contributed by atoms with Crippen LogP contribution >= 0.6 is 0 Å². The molecule has 1 N–H and O–H groups in total. The van der Waals surface area contributed by atoms with Gasteiger partial charge in [-0.25, -0.2) is 0 Å². The van der Waals surface area contributed by atoms with Crippen LogP contribution < -0.4 is 5.32 Å². The van der Waals surface area contributed by atoms with Gasteiger partial charge in [-0.3, -0.25) is 24.0 Å². The normalized spacial score (nSPS) is 23.8. The minimum atomic E-state index is -0.257. The highest BCUT2D eigenvalue weighted by molar-refractivity contribution is 6.05. The number of anilines is 1. The molecular formula is C15H18N4O3. The molecule has 116 valence electrons. The predicted octanol–water partition coefficient (Wildman–Crippen LogP) is 0.700. The Bertz CT molecular complexity index is 623. The van der Waals surface area contributed by atoms with Crippen molar-refractivity contribution in [2.45, 2.75) is 19.3 Å². The molecule has 1 aromatic rings. The molecule has 0 radical (unpaired) electrons. The van der Waals surface area contributed by atoms with Crippen LogP contribution in [0.5, 0.6) is 0 Å². The van der Waals surface area contributed by atoms with Crippen molar-refractivity contribution in [3.8, 4) is 0 Å². The zero-order chi connectivity index (χ0) is 15.7. The summed E-state index contributed by atoms with van der Waals surface area (Å²) in [6.45, 7) is 0.128. The van der Waals surface area contributed by atoms with E-state index in [4.69, 9.17) is 0 Å². The summed E-state index contributed by atoms with van der Waals surface area (Å²) in [5, 5.41) is 6.69. The zero-order valence-corrected chi connectivity index (χ0v) is 12.4. The first-order chi connectivity index (χ1) is 10.6. The van der Waals surface area contributed by atoms with Crippen LogP contribution in [0.4, 0.5) is 5.82 Å². The standard InChI is InChI=1S/C15H18N4O3/c1-18-8-6-12(17-18)16-13(20)7-9-19-14(21)10-4-2-3-5-11(10)15(19)22/h2-3,6,8,10-11H,4-5,7,9H2,1H3,(H,16,17,20)/t10-,11-/m0/s1. The molecule has 1 aromatic heterocycles. The van der Waals surface area contributed by atoms with E-state index in [0.29, 0.717) is 18.7 Å². The van der Waals surface area contributed by atoms with Gasteiger partial charge in [-0.1, -0.05) is 12.2 Å². The van der Waals surface area contributed by atoms with Gasteiger partial charge in [0.2, 0.25) is 17.7 Å². The molecule has 22 heavy (non-hydrogen) atoms. The van der Waals surface area contributed by atoms with Crippen LogP contribution in [-0.4, -0.2) is 38.9 Å². The quantitative estimate of drug-likeness (QED) is 0.655. The first-order valence-corrected chi connectivity index (χ1v) is 7.36. The second-order valence-corrected chi connectivity index (χ2v) is 5.66. The van der Waals surface area contributed by atoms with E-state index in [1.807, 2.05) is 12.2 Å². The van der Waals surface area contributed by atoms with Gasteiger partial charge in [-0.15, -0.1) is 0 Å². The molecule has 7 heteroatoms. The summed E-state index contributed by atoms with van der Waals surface area (Å²) < 4.78 is 1.58. The fraction of sp³-hybridized carbons (Fsp3) is 0.467. The van der Waals surface area contributed by atoms with Gasteiger partial charge in [0.1, 0.15) is 0 Å². The van der Waals surface area contributed by atoms with E-state index in [1.165, 1.54) is 4.90 Å². The van der Waals surface area contributed by atoms with Crippen LogP contribution in [0.15, 0.2) is 24.4 Å². The van der Waals surface area contributed by atoms with E-state index in [9.17, 15) is 14.4 Å². The Kier molecular flexibility index (Phi) is 3.79. The summed E-state index contributed by atoms with van der Waals surface area (Å²) in [5.41, 5.74) is 0. The third-order valence-corrected chi connectivity index (χ3v) is 4.14. The average Bonchev–Trinajstić information content (AvgIpc) is 3.01. The molecule has 2 heterocycles. The maximum atomic E-state index is 12.2. The molecular weight excluding hydrogens is 284 g/mol. The molecule has 3 amide bonds. The van der Waals surface area contributed by atoms with Crippen LogP contribution in [0.25, 0.3) is 0 Å². The van der Waals surface area contributed by atoms with Crippen LogP contribution in [0.1, 0.15) is 19.3 Å². The number of carbonyl (C=O) groups is 3. The molecule has 1 fully saturated rings. The molecule has 0 aromatic carbocycles. The van der Waals surface area contributed by atoms with E-state index >= 15 is 0 Å². The van der Waals surface area contributed by atoms with Crippen LogP contribution in [0, 0.1) is 11.8 Å². The molecule has 0 saturated carbocycles. The lowest BCUT2D eigenvalue weighted by atomic mass is 9.85. The number of amides is 3. The maximum absolute atomic E-state index is 12.2. The second kappa shape index (κ2) is 5.75. The van der Waals surface area contributed by atoms with E-state index in [1.54, 1.807) is 24.0 Å². The largest absolute Gasteiger partial charge is 0.309 e. The Balaban J connectivity index is 1.56. The number of hydrogen-bond acceptors (Lipinski definition) is 4. The van der Waals surface area contributed by atoms with E-state index in [-0.39, 0.29) is 42.5 Å².